The summed E-state index contributed by atoms with van der Waals surface area (Å²) in [6, 6.07) is 9.17. The standard InChI is InChI=1S/C13H18N4O4/c14-11(18)6-7-16-17-12(19)8-15-13(20)21-9-10-4-2-1-3-5-10/h1-5,16H,6-9H2,(H2,14,18)(H,15,20)(H,17,19). The van der Waals surface area contributed by atoms with Crippen LogP contribution < -0.4 is 21.9 Å². The van der Waals surface area contributed by atoms with E-state index >= 15 is 0 Å². The number of ether oxygens (including phenoxy) is 1. The van der Waals surface area contributed by atoms with Gasteiger partial charge in [0.25, 0.3) is 5.91 Å². The Morgan fingerprint density at radius 1 is 1.14 bits per heavy atom. The highest BCUT2D eigenvalue weighted by atomic mass is 16.5. The monoisotopic (exact) mass is 294 g/mol. The first kappa shape index (κ1) is 16.4. The highest BCUT2D eigenvalue weighted by Gasteiger charge is 2.06. The van der Waals surface area contributed by atoms with Crippen LogP contribution in [0.2, 0.25) is 0 Å². The predicted octanol–water partition coefficient (Wildman–Crippen LogP) is -0.591. The minimum Gasteiger partial charge on any atom is -0.445 e. The molecule has 1 aromatic rings. The molecule has 0 aromatic heterocycles. The Labute approximate surface area is 122 Å². The zero-order chi connectivity index (χ0) is 15.5. The molecule has 0 fully saturated rings. The lowest BCUT2D eigenvalue weighted by atomic mass is 10.2. The van der Waals surface area contributed by atoms with E-state index in [4.69, 9.17) is 10.5 Å². The van der Waals surface area contributed by atoms with E-state index < -0.39 is 17.9 Å². The summed E-state index contributed by atoms with van der Waals surface area (Å²) >= 11 is 0. The van der Waals surface area contributed by atoms with Crippen LogP contribution in [0.25, 0.3) is 0 Å². The van der Waals surface area contributed by atoms with Gasteiger partial charge < -0.3 is 15.8 Å². The molecule has 3 amide bonds. The van der Waals surface area contributed by atoms with Crippen molar-refractivity contribution in [2.45, 2.75) is 13.0 Å². The van der Waals surface area contributed by atoms with E-state index in [0.29, 0.717) is 0 Å². The van der Waals surface area contributed by atoms with E-state index in [1.807, 2.05) is 30.3 Å². The van der Waals surface area contributed by atoms with Gasteiger partial charge in [-0.2, -0.15) is 0 Å². The van der Waals surface area contributed by atoms with Crippen LogP contribution in [0, 0.1) is 0 Å². The second kappa shape index (κ2) is 9.32. The molecule has 1 aromatic carbocycles. The molecule has 8 nitrogen and oxygen atoms in total. The fourth-order valence-electron chi connectivity index (χ4n) is 1.32. The number of benzene rings is 1. The van der Waals surface area contributed by atoms with Crippen LogP contribution in [0.5, 0.6) is 0 Å². The van der Waals surface area contributed by atoms with Crippen molar-refractivity contribution in [3.8, 4) is 0 Å². The third kappa shape index (κ3) is 8.22. The predicted molar refractivity (Wildman–Crippen MR) is 74.6 cm³/mol. The molecule has 0 aliphatic heterocycles. The highest BCUT2D eigenvalue weighted by Crippen LogP contribution is 2.00. The van der Waals surface area contributed by atoms with Crippen molar-refractivity contribution in [1.29, 1.82) is 0 Å². The first-order chi connectivity index (χ1) is 10.1. The van der Waals surface area contributed by atoms with Crippen LogP contribution >= 0.6 is 0 Å². The number of hydrogen-bond acceptors (Lipinski definition) is 5. The number of amides is 3. The average molecular weight is 294 g/mol. The van der Waals surface area contributed by atoms with E-state index in [-0.39, 0.29) is 26.1 Å². The summed E-state index contributed by atoms with van der Waals surface area (Å²) in [7, 11) is 0. The molecule has 0 spiro atoms. The molecule has 0 saturated carbocycles. The largest absolute Gasteiger partial charge is 0.445 e. The molecule has 5 N–H and O–H groups in total. The van der Waals surface area contributed by atoms with Gasteiger partial charge in [0, 0.05) is 13.0 Å². The zero-order valence-corrected chi connectivity index (χ0v) is 11.4. The SMILES string of the molecule is NC(=O)CCNNC(=O)CNC(=O)OCc1ccccc1. The average Bonchev–Trinajstić information content (AvgIpc) is 2.48. The summed E-state index contributed by atoms with van der Waals surface area (Å²) in [6.45, 7) is 0.113. The second-order valence-corrected chi connectivity index (χ2v) is 4.11. The van der Waals surface area contributed by atoms with Gasteiger partial charge in [0.05, 0.1) is 0 Å². The highest BCUT2D eigenvalue weighted by molar-refractivity contribution is 5.81. The maximum atomic E-state index is 11.3. The summed E-state index contributed by atoms with van der Waals surface area (Å²) in [4.78, 5) is 33.1. The molecule has 1 rings (SSSR count). The Kier molecular flexibility index (Phi) is 7.30. The molecule has 8 heteroatoms. The van der Waals surface area contributed by atoms with Gasteiger partial charge in [-0.25, -0.2) is 10.2 Å². The molecule has 0 unspecified atom stereocenters. The first-order valence-corrected chi connectivity index (χ1v) is 6.32. The van der Waals surface area contributed by atoms with Gasteiger partial charge in [-0.3, -0.25) is 15.0 Å². The van der Waals surface area contributed by atoms with Gasteiger partial charge >= 0.3 is 6.09 Å². The quantitative estimate of drug-likeness (QED) is 0.377. The van der Waals surface area contributed by atoms with Crippen molar-refractivity contribution in [2.24, 2.45) is 5.73 Å². The van der Waals surface area contributed by atoms with Crippen LogP contribution in [0.1, 0.15) is 12.0 Å². The molecule has 114 valence electrons. The van der Waals surface area contributed by atoms with Crippen molar-refractivity contribution in [1.82, 2.24) is 16.2 Å². The van der Waals surface area contributed by atoms with Crippen molar-refractivity contribution < 1.29 is 19.1 Å². The van der Waals surface area contributed by atoms with Gasteiger partial charge in [-0.05, 0) is 5.56 Å². The Hall–Kier alpha value is -2.61. The molecule has 0 bridgehead atoms. The lowest BCUT2D eigenvalue weighted by Crippen LogP contribution is -2.44. The maximum absolute atomic E-state index is 11.3. The summed E-state index contributed by atoms with van der Waals surface area (Å²) in [5.41, 5.74) is 10.6. The Morgan fingerprint density at radius 3 is 2.52 bits per heavy atom. The van der Waals surface area contributed by atoms with Gasteiger partial charge in [0.1, 0.15) is 13.2 Å². The Morgan fingerprint density at radius 2 is 1.86 bits per heavy atom. The van der Waals surface area contributed by atoms with Crippen LogP contribution in [0.15, 0.2) is 30.3 Å². The molecule has 21 heavy (non-hydrogen) atoms. The lowest BCUT2D eigenvalue weighted by molar-refractivity contribution is -0.122. The van der Waals surface area contributed by atoms with Crippen molar-refractivity contribution in [3.63, 3.8) is 0 Å². The molecule has 0 aliphatic carbocycles. The van der Waals surface area contributed by atoms with Crippen molar-refractivity contribution in [2.75, 3.05) is 13.1 Å². The minimum atomic E-state index is -0.689. The molecular formula is C13H18N4O4. The van der Waals surface area contributed by atoms with Crippen LogP contribution in [-0.2, 0) is 20.9 Å². The number of nitrogens with two attached hydrogens (primary N) is 1. The summed E-state index contributed by atoms with van der Waals surface area (Å²) in [6.07, 6.45) is -0.585. The molecule has 0 aliphatic rings. The van der Waals surface area contributed by atoms with Gasteiger partial charge in [-0.1, -0.05) is 30.3 Å². The van der Waals surface area contributed by atoms with E-state index in [0.717, 1.165) is 5.56 Å². The number of primary amides is 1. The fraction of sp³-hybridized carbons (Fsp3) is 0.308. The smallest absolute Gasteiger partial charge is 0.407 e. The van der Waals surface area contributed by atoms with Crippen LogP contribution in [0.3, 0.4) is 0 Å². The normalized spacial score (nSPS) is 9.71. The minimum absolute atomic E-state index is 0.104. The van der Waals surface area contributed by atoms with Gasteiger partial charge in [-0.15, -0.1) is 0 Å². The number of nitrogens with one attached hydrogen (secondary N) is 3. The summed E-state index contributed by atoms with van der Waals surface area (Å²) in [5, 5.41) is 2.30. The molecule has 0 saturated heterocycles. The van der Waals surface area contributed by atoms with E-state index in [9.17, 15) is 14.4 Å². The van der Waals surface area contributed by atoms with E-state index in [1.165, 1.54) is 0 Å². The van der Waals surface area contributed by atoms with Crippen molar-refractivity contribution in [3.05, 3.63) is 35.9 Å². The van der Waals surface area contributed by atoms with Crippen molar-refractivity contribution >= 4 is 17.9 Å². The first-order valence-electron chi connectivity index (χ1n) is 6.32. The van der Waals surface area contributed by atoms with E-state index in [2.05, 4.69) is 16.2 Å². The third-order valence-corrected chi connectivity index (χ3v) is 2.33. The lowest BCUT2D eigenvalue weighted by Gasteiger charge is -2.08. The zero-order valence-electron chi connectivity index (χ0n) is 11.4. The second-order valence-electron chi connectivity index (χ2n) is 4.11. The van der Waals surface area contributed by atoms with Gasteiger partial charge in [0.15, 0.2) is 0 Å². The summed E-state index contributed by atoms with van der Waals surface area (Å²) in [5.74, 6) is -0.935. The number of carbonyl (C=O) groups excluding carboxylic acids is 3. The Bertz CT molecular complexity index is 478. The number of carbonyl (C=O) groups is 3. The molecule has 0 radical (unpaired) electrons. The molecule has 0 heterocycles. The third-order valence-electron chi connectivity index (χ3n) is 2.33. The number of alkyl carbamates (subject to hydrolysis) is 1. The van der Waals surface area contributed by atoms with Crippen LogP contribution in [0.4, 0.5) is 4.79 Å². The number of rotatable bonds is 8. The maximum Gasteiger partial charge on any atom is 0.407 e. The fourth-order valence-corrected chi connectivity index (χ4v) is 1.32. The van der Waals surface area contributed by atoms with Crippen LogP contribution in [-0.4, -0.2) is 31.0 Å². The number of hydrogen-bond donors (Lipinski definition) is 4. The molecular weight excluding hydrogens is 276 g/mol. The Balaban J connectivity index is 2.09. The molecule has 0 atom stereocenters. The summed E-state index contributed by atoms with van der Waals surface area (Å²) < 4.78 is 4.92. The van der Waals surface area contributed by atoms with E-state index in [1.54, 1.807) is 0 Å². The van der Waals surface area contributed by atoms with Gasteiger partial charge in [0.2, 0.25) is 5.91 Å². The topological polar surface area (TPSA) is 123 Å². The number of hydrazine groups is 1.